The van der Waals surface area contributed by atoms with Crippen molar-refractivity contribution in [2.45, 2.75) is 52.0 Å². The predicted molar refractivity (Wildman–Crippen MR) is 88.8 cm³/mol. The van der Waals surface area contributed by atoms with Gasteiger partial charge in [-0.1, -0.05) is 26.7 Å². The largest absolute Gasteiger partial charge is 0.491 e. The van der Waals surface area contributed by atoms with E-state index in [1.54, 1.807) is 0 Å². The zero-order valence-corrected chi connectivity index (χ0v) is 14.9. The third-order valence-electron chi connectivity index (χ3n) is 3.07. The minimum Gasteiger partial charge on any atom is -0.491 e. The standard InChI is InChI=1S/C15H23Br2NO/c1-3-5-6-7-19-15-13(16)9-11(10-14(15)17)8-12(18)4-2/h9-10,12H,3-8,18H2,1-2H3. The Morgan fingerprint density at radius 1 is 1.16 bits per heavy atom. The smallest absolute Gasteiger partial charge is 0.147 e. The normalized spacial score (nSPS) is 12.5. The number of halogens is 2. The summed E-state index contributed by atoms with van der Waals surface area (Å²) >= 11 is 7.17. The van der Waals surface area contributed by atoms with E-state index in [2.05, 4.69) is 57.8 Å². The summed E-state index contributed by atoms with van der Waals surface area (Å²) in [6, 6.07) is 4.43. The summed E-state index contributed by atoms with van der Waals surface area (Å²) < 4.78 is 7.82. The fraction of sp³-hybridized carbons (Fsp3) is 0.600. The first-order chi connectivity index (χ1) is 9.08. The molecule has 0 fully saturated rings. The number of hydrogen-bond donors (Lipinski definition) is 1. The lowest BCUT2D eigenvalue weighted by Gasteiger charge is -2.14. The molecule has 0 saturated heterocycles. The quantitative estimate of drug-likeness (QED) is 0.627. The molecular weight excluding hydrogens is 370 g/mol. The van der Waals surface area contributed by atoms with E-state index in [-0.39, 0.29) is 6.04 Å². The van der Waals surface area contributed by atoms with Gasteiger partial charge in [0, 0.05) is 6.04 Å². The summed E-state index contributed by atoms with van der Waals surface area (Å²) in [4.78, 5) is 0. The van der Waals surface area contributed by atoms with Crippen LogP contribution >= 0.6 is 31.9 Å². The second-order valence-corrected chi connectivity index (χ2v) is 6.53. The maximum atomic E-state index is 5.99. The molecule has 0 spiro atoms. The van der Waals surface area contributed by atoms with Crippen molar-refractivity contribution < 1.29 is 4.74 Å². The molecule has 2 nitrogen and oxygen atoms in total. The first kappa shape index (κ1) is 17.0. The molecule has 1 aromatic rings. The first-order valence-electron chi connectivity index (χ1n) is 6.94. The summed E-state index contributed by atoms with van der Waals surface area (Å²) in [6.45, 7) is 5.07. The molecule has 1 atom stereocenters. The molecule has 2 N–H and O–H groups in total. The number of rotatable bonds is 8. The van der Waals surface area contributed by atoms with Gasteiger partial charge in [0.15, 0.2) is 0 Å². The van der Waals surface area contributed by atoms with Crippen LogP contribution in [-0.2, 0) is 6.42 Å². The van der Waals surface area contributed by atoms with Crippen LogP contribution in [-0.4, -0.2) is 12.6 Å². The van der Waals surface area contributed by atoms with E-state index in [0.717, 1.165) is 40.6 Å². The van der Waals surface area contributed by atoms with E-state index in [4.69, 9.17) is 10.5 Å². The van der Waals surface area contributed by atoms with Gasteiger partial charge in [0.1, 0.15) is 5.75 Å². The lowest BCUT2D eigenvalue weighted by atomic mass is 10.0. The fourth-order valence-corrected chi connectivity index (χ4v) is 3.35. The molecule has 0 aliphatic rings. The van der Waals surface area contributed by atoms with Crippen LogP contribution in [0.3, 0.4) is 0 Å². The molecular formula is C15H23Br2NO. The summed E-state index contributed by atoms with van der Waals surface area (Å²) in [5.41, 5.74) is 7.23. The molecule has 0 aliphatic heterocycles. The topological polar surface area (TPSA) is 35.2 Å². The predicted octanol–water partition coefficient (Wildman–Crippen LogP) is 5.06. The Labute approximate surface area is 133 Å². The van der Waals surface area contributed by atoms with Crippen LogP contribution < -0.4 is 10.5 Å². The lowest BCUT2D eigenvalue weighted by Crippen LogP contribution is -2.21. The average molecular weight is 393 g/mol. The monoisotopic (exact) mass is 391 g/mol. The van der Waals surface area contributed by atoms with Crippen molar-refractivity contribution in [2.24, 2.45) is 5.73 Å². The zero-order chi connectivity index (χ0) is 14.3. The van der Waals surface area contributed by atoms with E-state index in [9.17, 15) is 0 Å². The second kappa shape index (κ2) is 8.98. The van der Waals surface area contributed by atoms with Crippen molar-refractivity contribution >= 4 is 31.9 Å². The number of benzene rings is 1. The van der Waals surface area contributed by atoms with Gasteiger partial charge < -0.3 is 10.5 Å². The van der Waals surface area contributed by atoms with E-state index in [1.807, 2.05) is 0 Å². The third-order valence-corrected chi connectivity index (χ3v) is 4.25. The molecule has 4 heteroatoms. The molecule has 0 saturated carbocycles. The van der Waals surface area contributed by atoms with Crippen LogP contribution in [0.5, 0.6) is 5.75 Å². The second-order valence-electron chi connectivity index (χ2n) is 4.82. The van der Waals surface area contributed by atoms with Crippen LogP contribution in [0.2, 0.25) is 0 Å². The van der Waals surface area contributed by atoms with Crippen molar-refractivity contribution in [2.75, 3.05) is 6.61 Å². The third kappa shape index (κ3) is 5.84. The van der Waals surface area contributed by atoms with Crippen molar-refractivity contribution in [3.63, 3.8) is 0 Å². The molecule has 0 radical (unpaired) electrons. The van der Waals surface area contributed by atoms with E-state index in [0.29, 0.717) is 0 Å². The SMILES string of the molecule is CCCCCOc1c(Br)cc(CC(N)CC)cc1Br. The molecule has 1 rings (SSSR count). The van der Waals surface area contributed by atoms with Gasteiger partial charge in [0.05, 0.1) is 15.6 Å². The van der Waals surface area contributed by atoms with Crippen molar-refractivity contribution in [1.29, 1.82) is 0 Å². The molecule has 1 aromatic carbocycles. The number of hydrogen-bond acceptors (Lipinski definition) is 2. The summed E-state index contributed by atoms with van der Waals surface area (Å²) in [5.74, 6) is 0.893. The van der Waals surface area contributed by atoms with Crippen molar-refractivity contribution in [1.82, 2.24) is 0 Å². The van der Waals surface area contributed by atoms with Gasteiger partial charge in [-0.15, -0.1) is 0 Å². The minimum atomic E-state index is 0.218. The fourth-order valence-electron chi connectivity index (χ4n) is 1.84. The van der Waals surface area contributed by atoms with Gasteiger partial charge in [-0.2, -0.15) is 0 Å². The highest BCUT2D eigenvalue weighted by Gasteiger charge is 2.10. The number of nitrogens with two attached hydrogens (primary N) is 1. The average Bonchev–Trinajstić information content (AvgIpc) is 2.37. The zero-order valence-electron chi connectivity index (χ0n) is 11.7. The Morgan fingerprint density at radius 2 is 1.79 bits per heavy atom. The maximum Gasteiger partial charge on any atom is 0.147 e. The van der Waals surface area contributed by atoms with Gasteiger partial charge in [-0.05, 0) is 68.8 Å². The van der Waals surface area contributed by atoms with E-state index in [1.165, 1.54) is 18.4 Å². The Morgan fingerprint density at radius 3 is 2.32 bits per heavy atom. The van der Waals surface area contributed by atoms with Gasteiger partial charge >= 0.3 is 0 Å². The molecule has 0 heterocycles. The van der Waals surface area contributed by atoms with Gasteiger partial charge in [0.25, 0.3) is 0 Å². The van der Waals surface area contributed by atoms with Crippen LogP contribution in [0.4, 0.5) is 0 Å². The highest BCUT2D eigenvalue weighted by molar-refractivity contribution is 9.11. The van der Waals surface area contributed by atoms with Gasteiger partial charge in [-0.25, -0.2) is 0 Å². The highest BCUT2D eigenvalue weighted by Crippen LogP contribution is 2.35. The maximum absolute atomic E-state index is 5.99. The first-order valence-corrected chi connectivity index (χ1v) is 8.53. The van der Waals surface area contributed by atoms with E-state index >= 15 is 0 Å². The van der Waals surface area contributed by atoms with Crippen molar-refractivity contribution in [3.05, 3.63) is 26.6 Å². The van der Waals surface area contributed by atoms with Crippen LogP contribution in [0.25, 0.3) is 0 Å². The van der Waals surface area contributed by atoms with Crippen LogP contribution in [0, 0.1) is 0 Å². The molecule has 1 unspecified atom stereocenters. The van der Waals surface area contributed by atoms with Gasteiger partial charge in [0.2, 0.25) is 0 Å². The molecule has 0 aliphatic carbocycles. The lowest BCUT2D eigenvalue weighted by molar-refractivity contribution is 0.302. The summed E-state index contributed by atoms with van der Waals surface area (Å²) in [6.07, 6.45) is 5.39. The van der Waals surface area contributed by atoms with Gasteiger partial charge in [-0.3, -0.25) is 0 Å². The Balaban J connectivity index is 2.68. The van der Waals surface area contributed by atoms with Crippen LogP contribution in [0.15, 0.2) is 21.1 Å². The molecule has 0 amide bonds. The highest BCUT2D eigenvalue weighted by atomic mass is 79.9. The molecule has 0 aromatic heterocycles. The molecule has 19 heavy (non-hydrogen) atoms. The Bertz CT molecular complexity index is 373. The van der Waals surface area contributed by atoms with Crippen LogP contribution in [0.1, 0.15) is 45.1 Å². The minimum absolute atomic E-state index is 0.218. The summed E-state index contributed by atoms with van der Waals surface area (Å²) in [7, 11) is 0. The Kier molecular flexibility index (Phi) is 8.03. The van der Waals surface area contributed by atoms with E-state index < -0.39 is 0 Å². The molecule has 0 bridgehead atoms. The Hall–Kier alpha value is -0.0600. The summed E-state index contributed by atoms with van der Waals surface area (Å²) in [5, 5.41) is 0. The number of unbranched alkanes of at least 4 members (excludes halogenated alkanes) is 2. The number of ether oxygens (including phenoxy) is 1. The van der Waals surface area contributed by atoms with Crippen molar-refractivity contribution in [3.8, 4) is 5.75 Å². The molecule has 108 valence electrons.